The van der Waals surface area contributed by atoms with Crippen molar-refractivity contribution in [1.29, 1.82) is 0 Å². The Morgan fingerprint density at radius 2 is 1.89 bits per heavy atom. The van der Waals surface area contributed by atoms with Crippen LogP contribution in [0.5, 0.6) is 0 Å². The lowest BCUT2D eigenvalue weighted by atomic mass is 10.0. The molecule has 1 aromatic rings. The molecule has 1 fully saturated rings. The Morgan fingerprint density at radius 1 is 1.26 bits per heavy atom. The number of halogens is 1. The van der Waals surface area contributed by atoms with Crippen molar-refractivity contribution in [3.05, 3.63) is 29.6 Å². The number of aromatic carboxylic acids is 1. The van der Waals surface area contributed by atoms with Crippen LogP contribution >= 0.6 is 0 Å². The van der Waals surface area contributed by atoms with Gasteiger partial charge in [0, 0.05) is 13.1 Å². The lowest BCUT2D eigenvalue weighted by Gasteiger charge is -2.30. The van der Waals surface area contributed by atoms with Gasteiger partial charge in [-0.1, -0.05) is 25.7 Å². The molecule has 0 heterocycles. The summed E-state index contributed by atoms with van der Waals surface area (Å²) >= 11 is 0. The maximum atomic E-state index is 13.2. The highest BCUT2D eigenvalue weighted by Gasteiger charge is 2.21. The lowest BCUT2D eigenvalue weighted by Crippen LogP contribution is -2.32. The first-order valence-electron chi connectivity index (χ1n) is 6.85. The van der Waals surface area contributed by atoms with Crippen LogP contribution in [0.3, 0.4) is 0 Å². The van der Waals surface area contributed by atoms with Gasteiger partial charge in [0.15, 0.2) is 0 Å². The first kappa shape index (κ1) is 13.8. The Balaban J connectivity index is 2.26. The van der Waals surface area contributed by atoms with Gasteiger partial charge >= 0.3 is 5.97 Å². The summed E-state index contributed by atoms with van der Waals surface area (Å²) in [5.41, 5.74) is 0.660. The molecule has 1 N–H and O–H groups in total. The highest BCUT2D eigenvalue weighted by Crippen LogP contribution is 2.28. The zero-order chi connectivity index (χ0) is 13.8. The lowest BCUT2D eigenvalue weighted by molar-refractivity contribution is 0.0697. The molecule has 2 rings (SSSR count). The van der Waals surface area contributed by atoms with Gasteiger partial charge in [0.05, 0.1) is 11.3 Å². The molecule has 4 heteroatoms. The summed E-state index contributed by atoms with van der Waals surface area (Å²) in [6.07, 6.45) is 7.01. The molecule has 1 aliphatic rings. The summed E-state index contributed by atoms with van der Waals surface area (Å²) in [5, 5.41) is 9.20. The van der Waals surface area contributed by atoms with Crippen molar-refractivity contribution in [2.45, 2.75) is 44.6 Å². The van der Waals surface area contributed by atoms with E-state index < -0.39 is 11.8 Å². The number of hydrogen-bond donors (Lipinski definition) is 1. The Kier molecular flexibility index (Phi) is 4.40. The van der Waals surface area contributed by atoms with E-state index in [-0.39, 0.29) is 5.56 Å². The predicted molar refractivity (Wildman–Crippen MR) is 73.3 cm³/mol. The van der Waals surface area contributed by atoms with Gasteiger partial charge in [0.1, 0.15) is 5.82 Å². The van der Waals surface area contributed by atoms with E-state index in [0.29, 0.717) is 11.7 Å². The van der Waals surface area contributed by atoms with E-state index in [4.69, 9.17) is 0 Å². The maximum absolute atomic E-state index is 13.2. The maximum Gasteiger partial charge on any atom is 0.337 e. The summed E-state index contributed by atoms with van der Waals surface area (Å²) in [4.78, 5) is 13.2. The zero-order valence-corrected chi connectivity index (χ0v) is 11.2. The van der Waals surface area contributed by atoms with E-state index in [0.717, 1.165) is 18.9 Å². The minimum atomic E-state index is -1.07. The molecule has 3 nitrogen and oxygen atoms in total. The Labute approximate surface area is 113 Å². The van der Waals surface area contributed by atoms with E-state index >= 15 is 0 Å². The van der Waals surface area contributed by atoms with Crippen LogP contribution in [-0.2, 0) is 0 Å². The molecule has 0 saturated heterocycles. The molecule has 0 unspecified atom stereocenters. The summed E-state index contributed by atoms with van der Waals surface area (Å²) < 4.78 is 13.2. The van der Waals surface area contributed by atoms with Crippen molar-refractivity contribution in [3.8, 4) is 0 Å². The number of carboxylic acids is 1. The van der Waals surface area contributed by atoms with Crippen LogP contribution in [0.25, 0.3) is 0 Å². The number of benzene rings is 1. The van der Waals surface area contributed by atoms with Gasteiger partial charge in [-0.3, -0.25) is 0 Å². The van der Waals surface area contributed by atoms with Gasteiger partial charge in [-0.15, -0.1) is 0 Å². The number of carboxylic acid groups (broad SMARTS) is 1. The second kappa shape index (κ2) is 6.04. The van der Waals surface area contributed by atoms with Crippen molar-refractivity contribution in [2.24, 2.45) is 0 Å². The quantitative estimate of drug-likeness (QED) is 0.847. The molecule has 1 saturated carbocycles. The Hall–Kier alpha value is -1.58. The fraction of sp³-hybridized carbons (Fsp3) is 0.533. The minimum absolute atomic E-state index is 0.0479. The van der Waals surface area contributed by atoms with E-state index in [1.807, 2.05) is 11.9 Å². The van der Waals surface area contributed by atoms with E-state index in [9.17, 15) is 14.3 Å². The second-order valence-electron chi connectivity index (χ2n) is 5.22. The van der Waals surface area contributed by atoms with Gasteiger partial charge in [0.2, 0.25) is 0 Å². The Morgan fingerprint density at radius 3 is 2.47 bits per heavy atom. The van der Waals surface area contributed by atoms with Crippen LogP contribution in [0.1, 0.15) is 48.9 Å². The van der Waals surface area contributed by atoms with Crippen LogP contribution in [0.4, 0.5) is 10.1 Å². The van der Waals surface area contributed by atoms with Crippen LogP contribution in [0.2, 0.25) is 0 Å². The smallest absolute Gasteiger partial charge is 0.337 e. The highest BCUT2D eigenvalue weighted by molar-refractivity contribution is 5.94. The van der Waals surface area contributed by atoms with Crippen molar-refractivity contribution in [2.75, 3.05) is 11.9 Å². The van der Waals surface area contributed by atoms with E-state index in [1.54, 1.807) is 6.07 Å². The SMILES string of the molecule is CN(c1ccc(F)cc1C(=O)O)C1CCCCCC1. The predicted octanol–water partition coefficient (Wildman–Crippen LogP) is 3.68. The Bertz CT molecular complexity index is 453. The standard InChI is InChI=1S/C15H20FNO2/c1-17(12-6-4-2-3-5-7-12)14-9-8-11(16)10-13(14)15(18)19/h8-10,12H,2-7H2,1H3,(H,18,19). The topological polar surface area (TPSA) is 40.5 Å². The molecule has 19 heavy (non-hydrogen) atoms. The molecule has 0 amide bonds. The van der Waals surface area contributed by atoms with E-state index in [1.165, 1.54) is 31.7 Å². The van der Waals surface area contributed by atoms with Crippen LogP contribution in [0.15, 0.2) is 18.2 Å². The molecule has 0 spiro atoms. The van der Waals surface area contributed by atoms with Crippen LogP contribution < -0.4 is 4.90 Å². The monoisotopic (exact) mass is 265 g/mol. The van der Waals surface area contributed by atoms with Gasteiger partial charge in [-0.2, -0.15) is 0 Å². The van der Waals surface area contributed by atoms with Crippen molar-refractivity contribution in [3.63, 3.8) is 0 Å². The van der Waals surface area contributed by atoms with E-state index in [2.05, 4.69) is 0 Å². The van der Waals surface area contributed by atoms with Crippen LogP contribution in [0, 0.1) is 5.82 Å². The first-order valence-corrected chi connectivity index (χ1v) is 6.85. The molecule has 0 radical (unpaired) electrons. The minimum Gasteiger partial charge on any atom is -0.478 e. The number of carbonyl (C=O) groups is 1. The van der Waals surface area contributed by atoms with Crippen molar-refractivity contribution < 1.29 is 14.3 Å². The number of rotatable bonds is 3. The number of anilines is 1. The van der Waals surface area contributed by atoms with Gasteiger partial charge in [-0.25, -0.2) is 9.18 Å². The molecular weight excluding hydrogens is 245 g/mol. The third kappa shape index (κ3) is 3.25. The largest absolute Gasteiger partial charge is 0.478 e. The average molecular weight is 265 g/mol. The fourth-order valence-electron chi connectivity index (χ4n) is 2.83. The third-order valence-electron chi connectivity index (χ3n) is 3.94. The fourth-order valence-corrected chi connectivity index (χ4v) is 2.83. The zero-order valence-electron chi connectivity index (χ0n) is 11.2. The summed E-state index contributed by atoms with van der Waals surface area (Å²) in [5.74, 6) is -1.58. The average Bonchev–Trinajstić information content (AvgIpc) is 2.66. The van der Waals surface area contributed by atoms with Crippen LogP contribution in [-0.4, -0.2) is 24.2 Å². The summed E-state index contributed by atoms with van der Waals surface area (Å²) in [6.45, 7) is 0. The molecule has 0 aliphatic heterocycles. The van der Waals surface area contributed by atoms with Crippen molar-refractivity contribution >= 4 is 11.7 Å². The van der Waals surface area contributed by atoms with Gasteiger partial charge in [-0.05, 0) is 31.0 Å². The summed E-state index contributed by atoms with van der Waals surface area (Å²) in [6, 6.07) is 4.36. The highest BCUT2D eigenvalue weighted by atomic mass is 19.1. The molecule has 104 valence electrons. The van der Waals surface area contributed by atoms with Gasteiger partial charge in [0.25, 0.3) is 0 Å². The molecule has 0 bridgehead atoms. The van der Waals surface area contributed by atoms with Crippen molar-refractivity contribution in [1.82, 2.24) is 0 Å². The molecular formula is C15H20FNO2. The molecule has 1 aliphatic carbocycles. The number of hydrogen-bond acceptors (Lipinski definition) is 2. The van der Waals surface area contributed by atoms with Gasteiger partial charge < -0.3 is 10.0 Å². The normalized spacial score (nSPS) is 16.9. The third-order valence-corrected chi connectivity index (χ3v) is 3.94. The first-order chi connectivity index (χ1) is 9.09. The molecule has 1 aromatic carbocycles. The summed E-state index contributed by atoms with van der Waals surface area (Å²) in [7, 11) is 1.91. The molecule has 0 aromatic heterocycles. The second-order valence-corrected chi connectivity index (χ2v) is 5.22. The number of nitrogens with zero attached hydrogens (tertiary/aromatic N) is 1. The molecule has 0 atom stereocenters.